The Morgan fingerprint density at radius 1 is 1.05 bits per heavy atom. The second-order valence-corrected chi connectivity index (χ2v) is 12.2. The highest BCUT2D eigenvalue weighted by molar-refractivity contribution is 5.77. The average Bonchev–Trinajstić information content (AvgIpc) is 3.22. The number of fused-ring (bicyclic) bond motifs is 3. The molecule has 2 N–H and O–H groups in total. The van der Waals surface area contributed by atoms with Crippen LogP contribution in [0.5, 0.6) is 0 Å². The third-order valence-electron chi connectivity index (χ3n) is 8.10. The molecule has 4 aromatic rings. The van der Waals surface area contributed by atoms with Crippen molar-refractivity contribution < 1.29 is 18.3 Å². The fourth-order valence-electron chi connectivity index (χ4n) is 6.36. The maximum Gasteiger partial charge on any atom is 0.401 e. The molecule has 2 fully saturated rings. The Hall–Kier alpha value is -4.23. The first kappa shape index (κ1) is 29.8. The van der Waals surface area contributed by atoms with E-state index in [-0.39, 0.29) is 29.9 Å². The summed E-state index contributed by atoms with van der Waals surface area (Å²) >= 11 is 0. The Kier molecular flexibility index (Phi) is 7.70. The number of likely N-dealkylation sites (tertiary alicyclic amines) is 1. The van der Waals surface area contributed by atoms with Crippen LogP contribution >= 0.6 is 0 Å². The normalized spacial score (nSPS) is 19.4. The zero-order valence-electron chi connectivity index (χ0n) is 24.6. The van der Waals surface area contributed by atoms with E-state index in [0.717, 1.165) is 30.9 Å². The average molecular weight is 609 g/mol. The minimum Gasteiger partial charge on any atom is -0.384 e. The third-order valence-corrected chi connectivity index (χ3v) is 8.10. The van der Waals surface area contributed by atoms with Gasteiger partial charge in [0.05, 0.1) is 18.8 Å². The fraction of sp³-hybridized carbons (Fsp3) is 0.419. The topological polar surface area (TPSA) is 104 Å². The zero-order chi connectivity index (χ0) is 31.2. The number of halogens is 3. The number of piperidine rings is 2. The van der Waals surface area contributed by atoms with Gasteiger partial charge in [-0.05, 0) is 68.5 Å². The molecule has 3 aromatic heterocycles. The van der Waals surface area contributed by atoms with Gasteiger partial charge in [0.2, 0.25) is 5.95 Å². The van der Waals surface area contributed by atoms with Crippen molar-refractivity contribution in [1.29, 1.82) is 0 Å². The van der Waals surface area contributed by atoms with Crippen molar-refractivity contribution in [3.05, 3.63) is 77.4 Å². The maximum atomic E-state index is 13.3. The molecule has 1 aromatic carbocycles. The lowest BCUT2D eigenvalue weighted by atomic mass is 9.84. The van der Waals surface area contributed by atoms with E-state index in [2.05, 4.69) is 31.7 Å². The van der Waals surface area contributed by atoms with Gasteiger partial charge in [0.1, 0.15) is 11.0 Å². The molecule has 5 heterocycles. The number of rotatable bonds is 8. The van der Waals surface area contributed by atoms with Crippen LogP contribution in [0, 0.1) is 11.8 Å². The molecule has 0 amide bonds. The minimum absolute atomic E-state index is 0.201. The summed E-state index contributed by atoms with van der Waals surface area (Å²) in [5, 5.41) is 14.0. The molecule has 0 saturated carbocycles. The largest absolute Gasteiger partial charge is 0.401 e. The van der Waals surface area contributed by atoms with Gasteiger partial charge >= 0.3 is 6.18 Å². The number of nitrogens with one attached hydrogen (secondary N) is 1. The molecule has 6 rings (SSSR count). The van der Waals surface area contributed by atoms with E-state index in [9.17, 15) is 23.1 Å². The molecule has 2 saturated heterocycles. The first-order valence-corrected chi connectivity index (χ1v) is 14.6. The lowest BCUT2D eigenvalue weighted by Crippen LogP contribution is -2.54. The van der Waals surface area contributed by atoms with Crippen molar-refractivity contribution >= 4 is 28.4 Å². The van der Waals surface area contributed by atoms with E-state index in [1.807, 2.05) is 24.3 Å². The summed E-state index contributed by atoms with van der Waals surface area (Å²) < 4.78 is 41.9. The van der Waals surface area contributed by atoms with E-state index < -0.39 is 18.3 Å². The molecule has 2 unspecified atom stereocenters. The summed E-state index contributed by atoms with van der Waals surface area (Å²) in [4.78, 5) is 30.7. The van der Waals surface area contributed by atoms with E-state index in [1.165, 1.54) is 10.9 Å². The van der Waals surface area contributed by atoms with Crippen LogP contribution in [-0.4, -0.2) is 73.2 Å². The van der Waals surface area contributed by atoms with Gasteiger partial charge in [-0.3, -0.25) is 9.69 Å². The van der Waals surface area contributed by atoms with Gasteiger partial charge in [0, 0.05) is 43.8 Å². The number of allylic oxidation sites excluding steroid dienone is 1. The van der Waals surface area contributed by atoms with Crippen LogP contribution in [0.2, 0.25) is 0 Å². The van der Waals surface area contributed by atoms with Gasteiger partial charge in [-0.15, -0.1) is 6.58 Å². The van der Waals surface area contributed by atoms with Crippen LogP contribution < -0.4 is 15.8 Å². The Morgan fingerprint density at radius 3 is 2.39 bits per heavy atom. The summed E-state index contributed by atoms with van der Waals surface area (Å²) in [7, 11) is 0. The first-order valence-electron chi connectivity index (χ1n) is 14.6. The summed E-state index contributed by atoms with van der Waals surface area (Å²) in [6.07, 6.45) is -0.124. The fourth-order valence-corrected chi connectivity index (χ4v) is 6.36. The van der Waals surface area contributed by atoms with Gasteiger partial charge in [0.25, 0.3) is 5.56 Å². The van der Waals surface area contributed by atoms with Gasteiger partial charge in [-0.1, -0.05) is 12.1 Å². The third kappa shape index (κ3) is 6.20. The smallest absolute Gasteiger partial charge is 0.384 e. The summed E-state index contributed by atoms with van der Waals surface area (Å²) in [6, 6.07) is 13.0. The minimum atomic E-state index is -4.17. The molecule has 0 spiro atoms. The van der Waals surface area contributed by atoms with Crippen LogP contribution in [0.3, 0.4) is 0 Å². The number of aromatic nitrogens is 5. The van der Waals surface area contributed by atoms with Crippen LogP contribution in [0.25, 0.3) is 16.9 Å². The quantitative estimate of drug-likeness (QED) is 0.283. The first-order chi connectivity index (χ1) is 20.9. The van der Waals surface area contributed by atoms with Crippen molar-refractivity contribution in [2.45, 2.75) is 38.6 Å². The molecular formula is C31H35F3N8O2. The van der Waals surface area contributed by atoms with Gasteiger partial charge in [-0.2, -0.15) is 18.2 Å². The van der Waals surface area contributed by atoms with Gasteiger partial charge in [-0.25, -0.2) is 19.3 Å². The Balaban J connectivity index is 1.23. The number of anilines is 3. The lowest BCUT2D eigenvalue weighted by Gasteiger charge is -2.46. The number of aliphatic hydroxyl groups is 1. The summed E-state index contributed by atoms with van der Waals surface area (Å²) in [6.45, 7) is 8.80. The molecule has 232 valence electrons. The monoisotopic (exact) mass is 608 g/mol. The van der Waals surface area contributed by atoms with Crippen LogP contribution in [0.4, 0.5) is 30.5 Å². The number of hydrogen-bond donors (Lipinski definition) is 2. The highest BCUT2D eigenvalue weighted by Gasteiger charge is 2.39. The number of pyridine rings is 1. The number of nitrogens with zero attached hydrogens (tertiary/aromatic N) is 7. The highest BCUT2D eigenvalue weighted by atomic mass is 19.4. The van der Waals surface area contributed by atoms with Crippen LogP contribution in [0.15, 0.2) is 66.1 Å². The van der Waals surface area contributed by atoms with Crippen molar-refractivity contribution in [1.82, 2.24) is 29.2 Å². The van der Waals surface area contributed by atoms with E-state index >= 15 is 0 Å². The molecule has 0 radical (unpaired) electrons. The lowest BCUT2D eigenvalue weighted by molar-refractivity contribution is -0.152. The van der Waals surface area contributed by atoms with E-state index in [4.69, 9.17) is 0 Å². The van der Waals surface area contributed by atoms with Gasteiger partial charge in [0.15, 0.2) is 11.5 Å². The maximum absolute atomic E-state index is 13.3. The van der Waals surface area contributed by atoms with Crippen molar-refractivity contribution in [2.24, 2.45) is 11.8 Å². The molecular weight excluding hydrogens is 573 g/mol. The zero-order valence-corrected chi connectivity index (χ0v) is 24.6. The summed E-state index contributed by atoms with van der Waals surface area (Å²) in [5.74, 6) is 1.10. The van der Waals surface area contributed by atoms with E-state index in [1.54, 1.807) is 47.7 Å². The number of hydrogen-bond acceptors (Lipinski definition) is 8. The van der Waals surface area contributed by atoms with Crippen molar-refractivity contribution in [3.8, 4) is 5.82 Å². The molecule has 0 aliphatic carbocycles. The predicted octanol–water partition coefficient (Wildman–Crippen LogP) is 4.45. The Bertz CT molecular complexity index is 1710. The van der Waals surface area contributed by atoms with Gasteiger partial charge < -0.3 is 15.3 Å². The molecule has 2 bridgehead atoms. The number of benzene rings is 1. The van der Waals surface area contributed by atoms with Crippen LogP contribution in [0.1, 0.15) is 26.0 Å². The Morgan fingerprint density at radius 2 is 1.75 bits per heavy atom. The van der Waals surface area contributed by atoms with Crippen LogP contribution in [-0.2, 0) is 12.1 Å². The predicted molar refractivity (Wildman–Crippen MR) is 162 cm³/mol. The van der Waals surface area contributed by atoms with Crippen molar-refractivity contribution in [2.75, 3.05) is 42.9 Å². The molecule has 10 nitrogen and oxygen atoms in total. The Labute approximate surface area is 252 Å². The molecule has 2 aliphatic heterocycles. The standard InChI is InChI=1S/C31H35F3N8O2/c1-4-12-41-28(43)24-14-35-29(38-27(24)42(41)26-7-5-6-25(37-26)30(2,3)44)36-22-8-10-23(11-9-22)40-17-20-13-21(18-40)16-39(15-20)19-31(32,33)34/h4-11,14,20-21,44H,1,12-13,15-19H2,2-3H3,(H,35,36,38). The van der Waals surface area contributed by atoms with E-state index in [0.29, 0.717) is 35.6 Å². The highest BCUT2D eigenvalue weighted by Crippen LogP contribution is 2.33. The molecule has 44 heavy (non-hydrogen) atoms. The molecule has 2 atom stereocenters. The molecule has 2 aliphatic rings. The molecule has 13 heteroatoms. The second kappa shape index (κ2) is 11.4. The SMILES string of the molecule is C=CCn1c(=O)c2cnc(Nc3ccc(N4CC5CC(CN(CC(F)(F)F)C5)C4)cc3)nc2n1-c1cccc(C(C)(C)O)n1. The summed E-state index contributed by atoms with van der Waals surface area (Å²) in [5.41, 5.74) is 1.07. The van der Waals surface area contributed by atoms with Crippen molar-refractivity contribution in [3.63, 3.8) is 0 Å². The second-order valence-electron chi connectivity index (χ2n) is 12.2. The number of alkyl halides is 3.